The highest BCUT2D eigenvalue weighted by Gasteiger charge is 2.32. The average Bonchev–Trinajstić information content (AvgIpc) is 3.42. The molecular weight excluding hydrogens is 406 g/mol. The predicted octanol–water partition coefficient (Wildman–Crippen LogP) is 2.15. The lowest BCUT2D eigenvalue weighted by Crippen LogP contribution is -2.42. The van der Waals surface area contributed by atoms with E-state index in [9.17, 15) is 13.2 Å². The second kappa shape index (κ2) is 8.57. The van der Waals surface area contributed by atoms with Crippen LogP contribution in [-0.2, 0) is 27.9 Å². The zero-order valence-corrected chi connectivity index (χ0v) is 17.6. The molecule has 1 aromatic carbocycles. The summed E-state index contributed by atoms with van der Waals surface area (Å²) in [5.41, 5.74) is 1.39. The topological polar surface area (TPSA) is 110 Å². The van der Waals surface area contributed by atoms with E-state index >= 15 is 0 Å². The van der Waals surface area contributed by atoms with Crippen LogP contribution < -0.4 is 5.32 Å². The van der Waals surface area contributed by atoms with Crippen LogP contribution in [0, 0.1) is 5.92 Å². The smallest absolute Gasteiger partial charge is 0.243 e. The van der Waals surface area contributed by atoms with E-state index < -0.39 is 10.0 Å². The van der Waals surface area contributed by atoms with Crippen LogP contribution in [0.1, 0.15) is 31.9 Å². The van der Waals surface area contributed by atoms with E-state index in [4.69, 9.17) is 4.42 Å². The SMILES string of the molecule is CCCn1nnc2cc(S(=O)(=O)N3CCC(C(=O)NCc4ccco4)CC3)ccc21. The van der Waals surface area contributed by atoms with E-state index in [0.29, 0.717) is 43.8 Å². The zero-order valence-electron chi connectivity index (χ0n) is 16.8. The number of hydrogen-bond donors (Lipinski definition) is 1. The Balaban J connectivity index is 1.39. The Morgan fingerprint density at radius 1 is 1.27 bits per heavy atom. The minimum absolute atomic E-state index is 0.0718. The molecular formula is C20H25N5O4S. The molecule has 0 aliphatic carbocycles. The lowest BCUT2D eigenvalue weighted by Gasteiger charge is -2.30. The number of fused-ring (bicyclic) bond motifs is 1. The van der Waals surface area contributed by atoms with E-state index in [1.165, 1.54) is 4.31 Å². The number of nitrogens with one attached hydrogen (secondary N) is 1. The Bertz CT molecular complexity index is 1120. The first-order valence-corrected chi connectivity index (χ1v) is 11.6. The van der Waals surface area contributed by atoms with Gasteiger partial charge in [0.15, 0.2) is 0 Å². The third kappa shape index (κ3) is 4.10. The van der Waals surface area contributed by atoms with E-state index in [-0.39, 0.29) is 16.7 Å². The summed E-state index contributed by atoms with van der Waals surface area (Å²) in [7, 11) is -3.64. The minimum Gasteiger partial charge on any atom is -0.467 e. The molecule has 1 aliphatic heterocycles. The molecule has 0 unspecified atom stereocenters. The van der Waals surface area contributed by atoms with E-state index in [2.05, 4.69) is 15.6 Å². The maximum Gasteiger partial charge on any atom is 0.243 e. The number of hydrogen-bond acceptors (Lipinski definition) is 6. The number of rotatable bonds is 7. The van der Waals surface area contributed by atoms with Gasteiger partial charge in [-0.1, -0.05) is 12.1 Å². The van der Waals surface area contributed by atoms with Crippen LogP contribution in [0.15, 0.2) is 45.9 Å². The fourth-order valence-corrected chi connectivity index (χ4v) is 5.22. The number of furan rings is 1. The normalized spacial score (nSPS) is 16.2. The summed E-state index contributed by atoms with van der Waals surface area (Å²) in [4.78, 5) is 12.6. The van der Waals surface area contributed by atoms with Crippen molar-refractivity contribution in [3.8, 4) is 0 Å². The quantitative estimate of drug-likeness (QED) is 0.614. The van der Waals surface area contributed by atoms with Crippen LogP contribution in [0.3, 0.4) is 0 Å². The van der Waals surface area contributed by atoms with Gasteiger partial charge in [-0.3, -0.25) is 4.79 Å². The number of amides is 1. The van der Waals surface area contributed by atoms with Gasteiger partial charge in [0.25, 0.3) is 0 Å². The fourth-order valence-electron chi connectivity index (χ4n) is 3.73. The predicted molar refractivity (Wildman–Crippen MR) is 110 cm³/mol. The third-order valence-electron chi connectivity index (χ3n) is 5.40. The Hall–Kier alpha value is -2.72. The molecule has 1 fully saturated rings. The molecule has 160 valence electrons. The molecule has 0 bridgehead atoms. The molecule has 1 amide bonds. The molecule has 4 rings (SSSR count). The minimum atomic E-state index is -3.64. The highest BCUT2D eigenvalue weighted by molar-refractivity contribution is 7.89. The molecule has 0 atom stereocenters. The molecule has 1 saturated heterocycles. The number of benzene rings is 1. The van der Waals surface area contributed by atoms with Gasteiger partial charge in [-0.15, -0.1) is 5.10 Å². The van der Waals surface area contributed by atoms with Crippen molar-refractivity contribution in [2.75, 3.05) is 13.1 Å². The molecule has 3 heterocycles. The number of sulfonamides is 1. The first kappa shape index (κ1) is 20.5. The van der Waals surface area contributed by atoms with Gasteiger partial charge in [0.1, 0.15) is 11.3 Å². The molecule has 10 heteroatoms. The van der Waals surface area contributed by atoms with Gasteiger partial charge in [0.2, 0.25) is 15.9 Å². The second-order valence-corrected chi connectivity index (χ2v) is 9.38. The number of carbonyl (C=O) groups is 1. The molecule has 0 spiro atoms. The maximum atomic E-state index is 13.1. The van der Waals surface area contributed by atoms with Gasteiger partial charge in [0.05, 0.1) is 23.2 Å². The van der Waals surface area contributed by atoms with Crippen LogP contribution in [0.2, 0.25) is 0 Å². The van der Waals surface area contributed by atoms with Crippen molar-refractivity contribution in [3.05, 3.63) is 42.4 Å². The van der Waals surface area contributed by atoms with Crippen molar-refractivity contribution in [2.24, 2.45) is 5.92 Å². The van der Waals surface area contributed by atoms with Crippen LogP contribution in [0.5, 0.6) is 0 Å². The lowest BCUT2D eigenvalue weighted by molar-refractivity contribution is -0.126. The summed E-state index contributed by atoms with van der Waals surface area (Å²) in [5.74, 6) is 0.412. The zero-order chi connectivity index (χ0) is 21.1. The van der Waals surface area contributed by atoms with Crippen LogP contribution in [0.4, 0.5) is 0 Å². The fraction of sp³-hybridized carbons (Fsp3) is 0.450. The van der Waals surface area contributed by atoms with Gasteiger partial charge in [-0.05, 0) is 49.6 Å². The van der Waals surface area contributed by atoms with Crippen LogP contribution in [0.25, 0.3) is 11.0 Å². The average molecular weight is 432 g/mol. The van der Waals surface area contributed by atoms with E-state index in [0.717, 1.165) is 18.5 Å². The van der Waals surface area contributed by atoms with Gasteiger partial charge in [-0.2, -0.15) is 4.31 Å². The maximum absolute atomic E-state index is 13.1. The molecule has 2 aromatic heterocycles. The molecule has 9 nitrogen and oxygen atoms in total. The summed E-state index contributed by atoms with van der Waals surface area (Å²) >= 11 is 0. The molecule has 3 aromatic rings. The molecule has 0 radical (unpaired) electrons. The van der Waals surface area contributed by atoms with Gasteiger partial charge >= 0.3 is 0 Å². The first-order chi connectivity index (χ1) is 14.5. The summed E-state index contributed by atoms with van der Waals surface area (Å²) in [6, 6.07) is 8.51. The monoisotopic (exact) mass is 431 g/mol. The second-order valence-electron chi connectivity index (χ2n) is 7.44. The number of nitrogens with zero attached hydrogens (tertiary/aromatic N) is 4. The van der Waals surface area contributed by atoms with Gasteiger partial charge < -0.3 is 9.73 Å². The molecule has 1 N–H and O–H groups in total. The highest BCUT2D eigenvalue weighted by atomic mass is 32.2. The Kier molecular flexibility index (Phi) is 5.87. The number of aryl methyl sites for hydroxylation is 1. The standard InChI is InChI=1S/C20H25N5O4S/c1-2-9-25-19-6-5-17(13-18(19)22-23-25)30(27,28)24-10-7-15(8-11-24)20(26)21-14-16-4-3-12-29-16/h3-6,12-13,15H,2,7-11,14H2,1H3,(H,21,26). The van der Waals surface area contributed by atoms with Gasteiger partial charge in [0, 0.05) is 25.6 Å². The van der Waals surface area contributed by atoms with E-state index in [1.807, 2.05) is 6.92 Å². The van der Waals surface area contributed by atoms with Crippen LogP contribution >= 0.6 is 0 Å². The highest BCUT2D eigenvalue weighted by Crippen LogP contribution is 2.26. The Morgan fingerprint density at radius 3 is 2.77 bits per heavy atom. The molecule has 0 saturated carbocycles. The third-order valence-corrected chi connectivity index (χ3v) is 7.29. The van der Waals surface area contributed by atoms with Crippen molar-refractivity contribution in [1.82, 2.24) is 24.6 Å². The number of aromatic nitrogens is 3. The molecule has 1 aliphatic rings. The summed E-state index contributed by atoms with van der Waals surface area (Å²) < 4.78 is 34.6. The van der Waals surface area contributed by atoms with Crippen LogP contribution in [-0.4, -0.2) is 46.7 Å². The Morgan fingerprint density at radius 2 is 2.07 bits per heavy atom. The van der Waals surface area contributed by atoms with E-state index in [1.54, 1.807) is 41.3 Å². The summed E-state index contributed by atoms with van der Waals surface area (Å²) in [6.07, 6.45) is 3.45. The van der Waals surface area contributed by atoms with Gasteiger partial charge in [-0.25, -0.2) is 13.1 Å². The summed E-state index contributed by atoms with van der Waals surface area (Å²) in [6.45, 7) is 3.73. The Labute approximate surface area is 175 Å². The lowest BCUT2D eigenvalue weighted by atomic mass is 9.97. The first-order valence-electron chi connectivity index (χ1n) is 10.1. The largest absolute Gasteiger partial charge is 0.467 e. The van der Waals surface area contributed by atoms with Crippen molar-refractivity contribution in [2.45, 2.75) is 44.2 Å². The molecule has 30 heavy (non-hydrogen) atoms. The van der Waals surface area contributed by atoms with Crippen molar-refractivity contribution in [1.29, 1.82) is 0 Å². The van der Waals surface area contributed by atoms with Crippen molar-refractivity contribution in [3.63, 3.8) is 0 Å². The van der Waals surface area contributed by atoms with Crippen molar-refractivity contribution >= 4 is 27.0 Å². The summed E-state index contributed by atoms with van der Waals surface area (Å²) in [5, 5.41) is 11.1. The number of piperidine rings is 1. The number of carbonyl (C=O) groups excluding carboxylic acids is 1. The van der Waals surface area contributed by atoms with Crippen molar-refractivity contribution < 1.29 is 17.6 Å².